The van der Waals surface area contributed by atoms with E-state index < -0.39 is 22.5 Å². The van der Waals surface area contributed by atoms with E-state index in [-0.39, 0.29) is 34.4 Å². The Labute approximate surface area is 236 Å². The molecule has 0 spiro atoms. The number of hydrogen-bond acceptors (Lipinski definition) is 8. The summed E-state index contributed by atoms with van der Waals surface area (Å²) in [5.41, 5.74) is -0.155. The van der Waals surface area contributed by atoms with Crippen molar-refractivity contribution in [2.24, 2.45) is 0 Å². The molecule has 12 heteroatoms. The molecule has 0 heterocycles. The zero-order chi connectivity index (χ0) is 27.8. The minimum Gasteiger partial charge on any atom is -0.497 e. The molecule has 0 saturated heterocycles. The summed E-state index contributed by atoms with van der Waals surface area (Å²) in [5.74, 6) is -0.494. The molecule has 3 aromatic carbocycles. The first kappa shape index (κ1) is 28.4. The summed E-state index contributed by atoms with van der Waals surface area (Å²) in [4.78, 5) is 36.1. The molecule has 0 atom stereocenters. The summed E-state index contributed by atoms with van der Waals surface area (Å²) < 4.78 is 16.8. The van der Waals surface area contributed by atoms with Crippen molar-refractivity contribution in [3.63, 3.8) is 0 Å². The molecule has 0 aliphatic rings. The van der Waals surface area contributed by atoms with Gasteiger partial charge in [-0.25, -0.2) is 4.79 Å². The molecule has 0 radical (unpaired) electrons. The summed E-state index contributed by atoms with van der Waals surface area (Å²) >= 11 is 7.76. The third-order valence-corrected chi connectivity index (χ3v) is 5.97. The summed E-state index contributed by atoms with van der Waals surface area (Å²) in [6.45, 7) is 2.00. The zero-order valence-electron chi connectivity index (χ0n) is 20.0. The van der Waals surface area contributed by atoms with Crippen LogP contribution in [0.1, 0.15) is 22.8 Å². The lowest BCUT2D eigenvalue weighted by Gasteiger charge is -2.14. The summed E-state index contributed by atoms with van der Waals surface area (Å²) in [6.07, 6.45) is 1.29. The molecule has 0 fully saturated rings. The fraction of sp³-hybridized carbons (Fsp3) is 0.115. The van der Waals surface area contributed by atoms with Crippen LogP contribution in [0.15, 0.2) is 60.2 Å². The fourth-order valence-electron chi connectivity index (χ4n) is 3.18. The number of hydrogen-bond donors (Lipinski definition) is 1. The average Bonchev–Trinajstić information content (AvgIpc) is 2.90. The second-order valence-corrected chi connectivity index (χ2v) is 9.02. The summed E-state index contributed by atoms with van der Waals surface area (Å²) in [7, 11) is 1.52. The Kier molecular flexibility index (Phi) is 9.64. The van der Waals surface area contributed by atoms with Crippen LogP contribution in [0.2, 0.25) is 5.02 Å². The predicted octanol–water partition coefficient (Wildman–Crippen LogP) is 6.02. The van der Waals surface area contributed by atoms with E-state index in [1.165, 1.54) is 31.4 Å². The number of nitro benzene ring substituents is 1. The Balaban J connectivity index is 1.90. The van der Waals surface area contributed by atoms with Gasteiger partial charge in [0.05, 0.1) is 27.8 Å². The first-order valence-corrected chi connectivity index (χ1v) is 12.3. The largest absolute Gasteiger partial charge is 0.497 e. The lowest BCUT2D eigenvalue weighted by Crippen LogP contribution is -2.14. The van der Waals surface area contributed by atoms with Crippen molar-refractivity contribution in [3.05, 3.63) is 90.0 Å². The predicted molar refractivity (Wildman–Crippen MR) is 149 cm³/mol. The Morgan fingerprint density at radius 1 is 1.18 bits per heavy atom. The number of nitrogens with zero attached hydrogens (tertiary/aromatic N) is 2. The molecule has 0 aliphatic heterocycles. The highest BCUT2D eigenvalue weighted by Gasteiger charge is 2.20. The maximum atomic E-state index is 12.7. The molecule has 1 amide bonds. The lowest BCUT2D eigenvalue weighted by atomic mass is 10.1. The summed E-state index contributed by atoms with van der Waals surface area (Å²) in [6, 6.07) is 15.0. The molecule has 0 saturated carbocycles. The van der Waals surface area contributed by atoms with Crippen LogP contribution in [0.5, 0.6) is 17.2 Å². The van der Waals surface area contributed by atoms with E-state index in [9.17, 15) is 25.0 Å². The number of benzene rings is 3. The van der Waals surface area contributed by atoms with E-state index in [0.717, 1.165) is 6.07 Å². The molecule has 1 N–H and O–H groups in total. The van der Waals surface area contributed by atoms with Gasteiger partial charge < -0.3 is 19.5 Å². The Morgan fingerprint density at radius 3 is 2.50 bits per heavy atom. The van der Waals surface area contributed by atoms with Gasteiger partial charge in [-0.1, -0.05) is 11.6 Å². The molecule has 10 nitrogen and oxygen atoms in total. The van der Waals surface area contributed by atoms with Gasteiger partial charge in [0.25, 0.3) is 11.6 Å². The number of nitriles is 1. The number of halogens is 2. The van der Waals surface area contributed by atoms with Crippen LogP contribution >= 0.6 is 34.2 Å². The Morgan fingerprint density at radius 2 is 1.89 bits per heavy atom. The Hall–Kier alpha value is -4.15. The highest BCUT2D eigenvalue weighted by molar-refractivity contribution is 14.1. The van der Waals surface area contributed by atoms with Crippen LogP contribution in [0.25, 0.3) is 6.08 Å². The van der Waals surface area contributed by atoms with E-state index >= 15 is 0 Å². The third kappa shape index (κ3) is 6.99. The van der Waals surface area contributed by atoms with E-state index in [4.69, 9.17) is 25.8 Å². The van der Waals surface area contributed by atoms with Crippen molar-refractivity contribution in [3.8, 4) is 23.3 Å². The molecular formula is C26H19ClIN3O7. The first-order chi connectivity index (χ1) is 18.2. The monoisotopic (exact) mass is 647 g/mol. The highest BCUT2D eigenvalue weighted by atomic mass is 127. The van der Waals surface area contributed by atoms with Gasteiger partial charge >= 0.3 is 5.97 Å². The number of methoxy groups -OCH3 is 1. The zero-order valence-corrected chi connectivity index (χ0v) is 22.9. The smallest absolute Gasteiger partial charge is 0.343 e. The molecule has 0 unspecified atom stereocenters. The number of rotatable bonds is 9. The fourth-order valence-corrected chi connectivity index (χ4v) is 4.08. The maximum absolute atomic E-state index is 12.7. The molecular weight excluding hydrogens is 629 g/mol. The van der Waals surface area contributed by atoms with Crippen LogP contribution in [0, 0.1) is 25.0 Å². The van der Waals surface area contributed by atoms with Crippen LogP contribution in [0.4, 0.5) is 11.4 Å². The van der Waals surface area contributed by atoms with Crippen molar-refractivity contribution < 1.29 is 28.7 Å². The number of nitro groups is 1. The van der Waals surface area contributed by atoms with E-state index in [1.807, 2.05) is 22.6 Å². The number of carbonyl (C=O) groups excluding carboxylic acids is 2. The van der Waals surface area contributed by atoms with Crippen LogP contribution < -0.4 is 19.5 Å². The van der Waals surface area contributed by atoms with Gasteiger partial charge in [-0.05, 0) is 89.7 Å². The van der Waals surface area contributed by atoms with Gasteiger partial charge in [0.15, 0.2) is 11.5 Å². The first-order valence-electron chi connectivity index (χ1n) is 10.9. The number of esters is 1. The number of anilines is 1. The van der Waals surface area contributed by atoms with E-state index in [2.05, 4.69) is 5.32 Å². The highest BCUT2D eigenvalue weighted by Crippen LogP contribution is 2.36. The molecule has 0 bridgehead atoms. The van der Waals surface area contributed by atoms with Crippen LogP contribution in [-0.4, -0.2) is 30.5 Å². The topological polar surface area (TPSA) is 141 Å². The van der Waals surface area contributed by atoms with Gasteiger partial charge in [0.1, 0.15) is 23.1 Å². The van der Waals surface area contributed by atoms with Gasteiger partial charge in [0.2, 0.25) is 0 Å². The second-order valence-electron chi connectivity index (χ2n) is 7.42. The number of nitrogens with one attached hydrogen (secondary N) is 1. The Bertz CT molecular complexity index is 1470. The SMILES string of the molecule is CCOc1cc(C=C(C#N)C(=O)Nc2ccc(Cl)cc2[N+](=O)[O-])cc(I)c1OC(=O)c1ccc(OC)cc1. The normalized spacial score (nSPS) is 10.8. The van der Waals surface area contributed by atoms with Crippen molar-refractivity contribution in [1.29, 1.82) is 5.26 Å². The number of carbonyl (C=O) groups is 2. The van der Waals surface area contributed by atoms with Crippen molar-refractivity contribution >= 4 is 63.5 Å². The van der Waals surface area contributed by atoms with Gasteiger partial charge in [-0.15, -0.1) is 0 Å². The molecule has 3 aromatic rings. The van der Waals surface area contributed by atoms with Crippen molar-refractivity contribution in [2.45, 2.75) is 6.92 Å². The van der Waals surface area contributed by atoms with Gasteiger partial charge in [0, 0.05) is 11.1 Å². The van der Waals surface area contributed by atoms with Gasteiger partial charge in [-0.3, -0.25) is 14.9 Å². The molecule has 3 rings (SSSR count). The number of amides is 1. The average molecular weight is 648 g/mol. The lowest BCUT2D eigenvalue weighted by molar-refractivity contribution is -0.383. The molecule has 38 heavy (non-hydrogen) atoms. The number of ether oxygens (including phenoxy) is 3. The molecule has 0 aromatic heterocycles. The molecule has 0 aliphatic carbocycles. The quantitative estimate of drug-likeness (QED) is 0.0565. The van der Waals surface area contributed by atoms with E-state index in [0.29, 0.717) is 20.4 Å². The van der Waals surface area contributed by atoms with Gasteiger partial charge in [-0.2, -0.15) is 5.26 Å². The van der Waals surface area contributed by atoms with Crippen LogP contribution in [0.3, 0.4) is 0 Å². The van der Waals surface area contributed by atoms with Crippen molar-refractivity contribution in [1.82, 2.24) is 0 Å². The minimum atomic E-state index is -0.860. The third-order valence-electron chi connectivity index (χ3n) is 4.93. The van der Waals surface area contributed by atoms with Crippen molar-refractivity contribution in [2.75, 3.05) is 19.0 Å². The second kappa shape index (κ2) is 12.9. The summed E-state index contributed by atoms with van der Waals surface area (Å²) in [5, 5.41) is 23.4. The molecule has 194 valence electrons. The minimum absolute atomic E-state index is 0.115. The van der Waals surface area contributed by atoms with E-state index in [1.54, 1.807) is 43.3 Å². The van der Waals surface area contributed by atoms with Crippen LogP contribution in [-0.2, 0) is 4.79 Å². The standard InChI is InChI=1S/C26H19ClIN3O7/c1-3-37-23-12-15(11-20(28)24(23)38-26(33)16-4-7-19(36-2)8-5-16)10-17(14-29)25(32)30-21-9-6-18(27)13-22(21)31(34)35/h4-13H,3H2,1-2H3,(H,30,32). The maximum Gasteiger partial charge on any atom is 0.343 e.